The van der Waals surface area contributed by atoms with Crippen LogP contribution in [0.15, 0.2) is 479 Å². The molecule has 31 rings (SSSR count). The smallest absolute Gasteiger partial charge is 0.260 e. The van der Waals surface area contributed by atoms with Crippen LogP contribution in [0.5, 0.6) is 115 Å². The van der Waals surface area contributed by atoms with Crippen molar-refractivity contribution in [3.8, 4) is 182 Å². The molecule has 0 radical (unpaired) electrons. The zero-order valence-electron chi connectivity index (χ0n) is 76.1. The number of hydrogen-bond donors (Lipinski definition) is 0. The molecule has 0 bridgehead atoms. The number of fused-ring (bicyclic) bond motifs is 20. The van der Waals surface area contributed by atoms with Crippen LogP contribution in [0.25, 0.3) is 66.8 Å². The summed E-state index contributed by atoms with van der Waals surface area (Å²) in [4.78, 5) is 0. The van der Waals surface area contributed by atoms with Gasteiger partial charge in [0, 0.05) is 27.3 Å². The molecule has 0 spiro atoms. The highest BCUT2D eigenvalue weighted by molar-refractivity contribution is 7.01. The van der Waals surface area contributed by atoms with Crippen molar-refractivity contribution in [2.24, 2.45) is 0 Å². The third kappa shape index (κ3) is 14.7. The molecule has 0 N–H and O–H groups in total. The first-order chi connectivity index (χ1) is 69.9. The standard InChI is InChI=1S/2C30H19BO2.2C24H15BO2.C18H11BO2/c1-3-8-20(9-4-1)22-14-16-26-24(18-22)31-25-19-23(21-10-5-2-6-11-21)15-17-27(25)33-29-13-7-12-28(32-26)30(29)31;1-3-8-20(9-4-1)22-14-16-24-28(18-22)32-26-12-7-13-27-30(26)31(24)25-17-15-23(19-29(25)33-27)21-10-5-2-6-11-21;1-2-7-16(8-3-1)17-13-14-21-19(15-17)25-18-9-4-5-10-20(18)26-22-11-6-12-23(27-21)24(22)25;1-2-7-16(8-3-1)17-13-14-19-23(15-17)27-22-12-6-11-21-24(22)25(19)18-9-4-5-10-20(18)26-21;1-3-8-14-12(6-1)19-13-7-2-4-9-15(13)21-17-11-5-10-16(20-14)18(17)19/h2*1-19H;2*1-15H;1-11H. The van der Waals surface area contributed by atoms with Gasteiger partial charge in [-0.25, -0.2) is 0 Å². The van der Waals surface area contributed by atoms with Crippen molar-refractivity contribution in [1.29, 1.82) is 0 Å². The van der Waals surface area contributed by atoms with Crippen LogP contribution in [0.4, 0.5) is 0 Å². The number of rotatable bonds is 6. The van der Waals surface area contributed by atoms with Gasteiger partial charge in [0.25, 0.3) is 33.6 Å². The molecule has 0 aromatic heterocycles. The summed E-state index contributed by atoms with van der Waals surface area (Å²) in [5.74, 6) is 18.0. The van der Waals surface area contributed by atoms with Gasteiger partial charge in [0.05, 0.1) is 0 Å². The molecule has 0 amide bonds. The Morgan fingerprint density at radius 1 is 0.0922 bits per heavy atom. The maximum Gasteiger partial charge on any atom is 0.260 e. The van der Waals surface area contributed by atoms with Gasteiger partial charge in [0.1, 0.15) is 115 Å². The van der Waals surface area contributed by atoms with E-state index >= 15 is 0 Å². The lowest BCUT2D eigenvalue weighted by Crippen LogP contribution is -2.57. The fourth-order valence-electron chi connectivity index (χ4n) is 21.8. The van der Waals surface area contributed by atoms with Crippen molar-refractivity contribution in [2.75, 3.05) is 0 Å². The monoisotopic (exact) mass is 1810 g/mol. The number of ether oxygens (including phenoxy) is 10. The Balaban J connectivity index is 0.0000000890. The molecule has 10 aliphatic heterocycles. The minimum atomic E-state index is 0.0519. The SMILES string of the molecule is c1ccc(-c2ccc3c(c2)B2c4cc(-c5ccccc5)ccc4Oc4cccc(c42)O3)cc1.c1ccc(-c2ccc3c(c2)B2c4ccccc4Oc4cccc(c42)O3)cc1.c1ccc(-c2ccc3c(c2)Oc2cccc4c2B3c2ccc(-c3ccccc3)cc2O4)cc1.c1ccc(-c2ccc3c(c2)Oc2cccc4c2B3c2ccccc2O4)cc1.c1ccc2c(c1)Oc1cccc3c1B2c1ccccc1O3. The Labute approximate surface area is 818 Å². The van der Waals surface area contributed by atoms with Crippen LogP contribution in [-0.2, 0) is 0 Å². The van der Waals surface area contributed by atoms with E-state index < -0.39 is 0 Å². The van der Waals surface area contributed by atoms with E-state index in [1.807, 2.05) is 176 Å². The number of benzene rings is 21. The van der Waals surface area contributed by atoms with Crippen LogP contribution < -0.4 is 129 Å². The molecule has 0 aliphatic carbocycles. The first kappa shape index (κ1) is 82.4. The van der Waals surface area contributed by atoms with Crippen molar-refractivity contribution in [3.05, 3.63) is 479 Å². The van der Waals surface area contributed by atoms with Gasteiger partial charge in [-0.15, -0.1) is 0 Å². The molecule has 10 heterocycles. The van der Waals surface area contributed by atoms with Crippen molar-refractivity contribution in [1.82, 2.24) is 0 Å². The minimum Gasteiger partial charge on any atom is -0.458 e. The quantitative estimate of drug-likeness (QED) is 0.150. The topological polar surface area (TPSA) is 92.3 Å². The second-order valence-electron chi connectivity index (χ2n) is 36.4. The lowest BCUT2D eigenvalue weighted by molar-refractivity contribution is 0.464. The summed E-state index contributed by atoms with van der Waals surface area (Å²) in [5.41, 5.74) is 31.6. The van der Waals surface area contributed by atoms with Crippen LogP contribution in [0.2, 0.25) is 0 Å². The van der Waals surface area contributed by atoms with Crippen LogP contribution in [0.3, 0.4) is 0 Å². The zero-order valence-corrected chi connectivity index (χ0v) is 76.1. The van der Waals surface area contributed by atoms with E-state index in [1.165, 1.54) is 105 Å². The Bertz CT molecular complexity index is 8240. The van der Waals surface area contributed by atoms with Gasteiger partial charge in [0.15, 0.2) is 0 Å². The van der Waals surface area contributed by atoms with E-state index in [-0.39, 0.29) is 33.6 Å². The molecule has 0 unspecified atom stereocenters. The van der Waals surface area contributed by atoms with Gasteiger partial charge in [-0.1, -0.05) is 358 Å². The molecule has 10 aliphatic rings. The Morgan fingerprint density at radius 2 is 0.241 bits per heavy atom. The van der Waals surface area contributed by atoms with Gasteiger partial charge in [-0.3, -0.25) is 0 Å². The van der Waals surface area contributed by atoms with Gasteiger partial charge < -0.3 is 47.4 Å². The first-order valence-electron chi connectivity index (χ1n) is 47.8. The summed E-state index contributed by atoms with van der Waals surface area (Å²) in [6, 6.07) is 165. The molecule has 10 nitrogen and oxygen atoms in total. The molecule has 658 valence electrons. The predicted octanol–water partition coefficient (Wildman–Crippen LogP) is 22.1. The third-order valence-electron chi connectivity index (χ3n) is 28.3. The first-order valence-corrected chi connectivity index (χ1v) is 47.8. The lowest BCUT2D eigenvalue weighted by atomic mass is 9.34. The molecule has 0 atom stereocenters. The Morgan fingerprint density at radius 3 is 0.461 bits per heavy atom. The van der Waals surface area contributed by atoms with Crippen molar-refractivity contribution in [3.63, 3.8) is 0 Å². The molecule has 15 heteroatoms. The predicted molar refractivity (Wildman–Crippen MR) is 573 cm³/mol. The molecule has 21 aromatic rings. The van der Waals surface area contributed by atoms with E-state index in [2.05, 4.69) is 303 Å². The molecular formula is C126H79B5O10. The summed E-state index contributed by atoms with van der Waals surface area (Å²) in [6.45, 7) is 0.573. The second-order valence-corrected chi connectivity index (χ2v) is 36.4. The molecule has 0 saturated carbocycles. The van der Waals surface area contributed by atoms with E-state index in [0.717, 1.165) is 159 Å². The van der Waals surface area contributed by atoms with Crippen molar-refractivity contribution >= 4 is 116 Å². The highest BCUT2D eigenvalue weighted by atomic mass is 16.5. The highest BCUT2D eigenvalue weighted by Crippen LogP contribution is 2.44. The fourth-order valence-corrected chi connectivity index (χ4v) is 21.8. The summed E-state index contributed by atoms with van der Waals surface area (Å²) < 4.78 is 62.6. The van der Waals surface area contributed by atoms with Crippen LogP contribution >= 0.6 is 0 Å². The molecule has 141 heavy (non-hydrogen) atoms. The average molecular weight is 1810 g/mol. The number of hydrogen-bond acceptors (Lipinski definition) is 10. The van der Waals surface area contributed by atoms with E-state index in [1.54, 1.807) is 0 Å². The zero-order chi connectivity index (χ0) is 93.0. The lowest BCUT2D eigenvalue weighted by Gasteiger charge is -2.33. The maximum absolute atomic E-state index is 6.41. The average Bonchev–Trinajstić information content (AvgIpc) is 0.708. The maximum atomic E-state index is 6.41. The minimum absolute atomic E-state index is 0.0519. The van der Waals surface area contributed by atoms with E-state index in [0.29, 0.717) is 0 Å². The second kappa shape index (κ2) is 34.6. The van der Waals surface area contributed by atoms with Crippen molar-refractivity contribution in [2.45, 2.75) is 0 Å². The molecular weight excluding hydrogens is 1730 g/mol. The highest BCUT2D eigenvalue weighted by Gasteiger charge is 2.46. The molecule has 21 aromatic carbocycles. The van der Waals surface area contributed by atoms with Gasteiger partial charge in [-0.2, -0.15) is 0 Å². The van der Waals surface area contributed by atoms with E-state index in [9.17, 15) is 0 Å². The Kier molecular flexibility index (Phi) is 20.2. The summed E-state index contributed by atoms with van der Waals surface area (Å²) in [6.07, 6.45) is 0. The summed E-state index contributed by atoms with van der Waals surface area (Å²) in [7, 11) is 0. The van der Waals surface area contributed by atoms with Gasteiger partial charge >= 0.3 is 0 Å². The summed E-state index contributed by atoms with van der Waals surface area (Å²) in [5, 5.41) is 0. The van der Waals surface area contributed by atoms with Crippen LogP contribution in [-0.4, -0.2) is 33.6 Å². The van der Waals surface area contributed by atoms with Crippen LogP contribution in [0, 0.1) is 0 Å². The Hall–Kier alpha value is -18.1. The number of para-hydroxylation sites is 4. The van der Waals surface area contributed by atoms with Gasteiger partial charge in [-0.05, 0) is 243 Å². The largest absolute Gasteiger partial charge is 0.458 e. The molecule has 0 fully saturated rings. The third-order valence-corrected chi connectivity index (χ3v) is 28.3. The van der Waals surface area contributed by atoms with E-state index in [4.69, 9.17) is 47.4 Å². The van der Waals surface area contributed by atoms with Crippen LogP contribution in [0.1, 0.15) is 0 Å². The molecule has 0 saturated heterocycles. The van der Waals surface area contributed by atoms with Gasteiger partial charge in [0.2, 0.25) is 0 Å². The van der Waals surface area contributed by atoms with Crippen molar-refractivity contribution < 1.29 is 47.4 Å². The fraction of sp³-hybridized carbons (Fsp3) is 0. The summed E-state index contributed by atoms with van der Waals surface area (Å²) >= 11 is 0. The normalized spacial score (nSPS) is 12.9.